The molecule has 1 saturated carbocycles. The maximum absolute atomic E-state index is 6.34. The molecule has 1 aliphatic rings. The van der Waals surface area contributed by atoms with Crippen LogP contribution < -0.4 is 5.73 Å². The van der Waals surface area contributed by atoms with Crippen LogP contribution in [0.2, 0.25) is 0 Å². The zero-order valence-electron chi connectivity index (χ0n) is 9.83. The number of hydrogen-bond acceptors (Lipinski definition) is 2. The maximum Gasteiger partial charge on any atom is 0.129 e. The summed E-state index contributed by atoms with van der Waals surface area (Å²) in [5, 5.41) is 0. The summed E-state index contributed by atoms with van der Waals surface area (Å²) in [6, 6.07) is 6.38. The highest BCUT2D eigenvalue weighted by atomic mass is 15.1. The first-order valence-corrected chi connectivity index (χ1v) is 5.83. The van der Waals surface area contributed by atoms with E-state index < -0.39 is 0 Å². The summed E-state index contributed by atoms with van der Waals surface area (Å²) in [6.45, 7) is 2.09. The molecule has 0 atom stereocenters. The van der Waals surface area contributed by atoms with Gasteiger partial charge in [0.15, 0.2) is 0 Å². The average Bonchev–Trinajstić information content (AvgIpc) is 2.52. The lowest BCUT2D eigenvalue weighted by Crippen LogP contribution is -2.45. The van der Waals surface area contributed by atoms with Gasteiger partial charge in [-0.05, 0) is 43.9 Å². The Hall–Kier alpha value is -1.35. The average molecular weight is 215 g/mol. The molecule has 3 heteroatoms. The molecule has 2 aromatic rings. The molecule has 0 bridgehead atoms. The highest BCUT2D eigenvalue weighted by Crippen LogP contribution is 2.38. The van der Waals surface area contributed by atoms with Gasteiger partial charge >= 0.3 is 0 Å². The summed E-state index contributed by atoms with van der Waals surface area (Å²) < 4.78 is 2.15. The van der Waals surface area contributed by atoms with Gasteiger partial charge in [0.25, 0.3) is 0 Å². The first-order valence-electron chi connectivity index (χ1n) is 5.83. The standard InChI is InChI=1S/C13H17N3/c1-9-4-5-11-10(8-9)15-12(16(11)2)13(14)6-3-7-13/h4-5,8H,3,6-7,14H2,1-2H3. The topological polar surface area (TPSA) is 43.8 Å². The van der Waals surface area contributed by atoms with Crippen molar-refractivity contribution in [3.05, 3.63) is 29.6 Å². The summed E-state index contributed by atoms with van der Waals surface area (Å²) in [4.78, 5) is 4.70. The van der Waals surface area contributed by atoms with Crippen LogP contribution >= 0.6 is 0 Å². The molecule has 3 rings (SSSR count). The Labute approximate surface area is 95.3 Å². The minimum atomic E-state index is -0.179. The van der Waals surface area contributed by atoms with E-state index in [1.807, 2.05) is 0 Å². The Bertz CT molecular complexity index is 550. The van der Waals surface area contributed by atoms with E-state index in [2.05, 4.69) is 36.7 Å². The number of benzene rings is 1. The number of nitrogens with two attached hydrogens (primary N) is 1. The summed E-state index contributed by atoms with van der Waals surface area (Å²) in [7, 11) is 2.06. The van der Waals surface area contributed by atoms with Crippen LogP contribution in [0.4, 0.5) is 0 Å². The Kier molecular flexibility index (Phi) is 1.89. The molecule has 1 aliphatic carbocycles. The summed E-state index contributed by atoms with van der Waals surface area (Å²) in [6.07, 6.45) is 3.34. The van der Waals surface area contributed by atoms with Gasteiger partial charge < -0.3 is 10.3 Å². The number of nitrogens with zero attached hydrogens (tertiary/aromatic N) is 2. The van der Waals surface area contributed by atoms with E-state index in [4.69, 9.17) is 10.7 Å². The Balaban J connectivity index is 2.23. The van der Waals surface area contributed by atoms with Crippen LogP contribution in [0.15, 0.2) is 18.2 Å². The van der Waals surface area contributed by atoms with Gasteiger partial charge in [0.2, 0.25) is 0 Å². The van der Waals surface area contributed by atoms with Crippen LogP contribution in [0.1, 0.15) is 30.7 Å². The Morgan fingerprint density at radius 1 is 1.38 bits per heavy atom. The molecule has 0 aliphatic heterocycles. The third-order valence-electron chi connectivity index (χ3n) is 3.73. The van der Waals surface area contributed by atoms with Crippen LogP contribution in [0.5, 0.6) is 0 Å². The predicted molar refractivity (Wildman–Crippen MR) is 65.2 cm³/mol. The number of rotatable bonds is 1. The van der Waals surface area contributed by atoms with Gasteiger partial charge in [-0.3, -0.25) is 0 Å². The second-order valence-corrected chi connectivity index (χ2v) is 5.00. The normalized spacial score (nSPS) is 18.7. The maximum atomic E-state index is 6.34. The molecule has 0 saturated heterocycles. The van der Waals surface area contributed by atoms with Crippen molar-refractivity contribution in [2.45, 2.75) is 31.7 Å². The van der Waals surface area contributed by atoms with Crippen LogP contribution in [-0.4, -0.2) is 9.55 Å². The SMILES string of the molecule is Cc1ccc2c(c1)nc(C1(N)CCC1)n2C. The monoisotopic (exact) mass is 215 g/mol. The smallest absolute Gasteiger partial charge is 0.129 e. The quantitative estimate of drug-likeness (QED) is 0.792. The lowest BCUT2D eigenvalue weighted by Gasteiger charge is -2.37. The summed E-state index contributed by atoms with van der Waals surface area (Å²) in [5.41, 5.74) is 9.65. The molecular formula is C13H17N3. The molecule has 84 valence electrons. The fraction of sp³-hybridized carbons (Fsp3) is 0.462. The third kappa shape index (κ3) is 1.21. The molecule has 2 N–H and O–H groups in total. The molecule has 0 unspecified atom stereocenters. The highest BCUT2D eigenvalue weighted by molar-refractivity contribution is 5.77. The van der Waals surface area contributed by atoms with Crippen LogP contribution in [0.25, 0.3) is 11.0 Å². The molecule has 0 amide bonds. The van der Waals surface area contributed by atoms with E-state index in [0.717, 1.165) is 24.2 Å². The van der Waals surface area contributed by atoms with Gasteiger partial charge in [0, 0.05) is 7.05 Å². The van der Waals surface area contributed by atoms with Crippen molar-refractivity contribution in [3.8, 4) is 0 Å². The first kappa shape index (κ1) is 9.85. The number of fused-ring (bicyclic) bond motifs is 1. The van der Waals surface area contributed by atoms with E-state index in [1.165, 1.54) is 17.5 Å². The second-order valence-electron chi connectivity index (χ2n) is 5.00. The Morgan fingerprint density at radius 2 is 2.12 bits per heavy atom. The minimum Gasteiger partial charge on any atom is -0.330 e. The van der Waals surface area contributed by atoms with E-state index >= 15 is 0 Å². The van der Waals surface area contributed by atoms with Crippen molar-refractivity contribution in [3.63, 3.8) is 0 Å². The number of aromatic nitrogens is 2. The molecule has 1 heterocycles. The minimum absolute atomic E-state index is 0.179. The largest absolute Gasteiger partial charge is 0.330 e. The zero-order chi connectivity index (χ0) is 11.3. The predicted octanol–water partition coefficient (Wildman–Crippen LogP) is 2.22. The number of hydrogen-bond donors (Lipinski definition) is 1. The fourth-order valence-corrected chi connectivity index (χ4v) is 2.54. The number of aryl methyl sites for hydroxylation is 2. The fourth-order valence-electron chi connectivity index (χ4n) is 2.54. The van der Waals surface area contributed by atoms with Crippen molar-refractivity contribution < 1.29 is 0 Å². The molecule has 1 fully saturated rings. The molecule has 16 heavy (non-hydrogen) atoms. The van der Waals surface area contributed by atoms with E-state index in [-0.39, 0.29) is 5.54 Å². The lowest BCUT2D eigenvalue weighted by molar-refractivity contribution is 0.234. The molecular weight excluding hydrogens is 198 g/mol. The van der Waals surface area contributed by atoms with Gasteiger partial charge in [-0.15, -0.1) is 0 Å². The van der Waals surface area contributed by atoms with Crippen molar-refractivity contribution in [1.82, 2.24) is 9.55 Å². The van der Waals surface area contributed by atoms with Crippen LogP contribution in [-0.2, 0) is 12.6 Å². The van der Waals surface area contributed by atoms with Gasteiger partial charge in [-0.1, -0.05) is 6.07 Å². The lowest BCUT2D eigenvalue weighted by atomic mass is 9.77. The molecule has 0 spiro atoms. The highest BCUT2D eigenvalue weighted by Gasteiger charge is 2.38. The molecule has 1 aromatic carbocycles. The van der Waals surface area contributed by atoms with Crippen LogP contribution in [0, 0.1) is 6.92 Å². The van der Waals surface area contributed by atoms with Gasteiger partial charge in [-0.25, -0.2) is 4.98 Å². The van der Waals surface area contributed by atoms with E-state index in [9.17, 15) is 0 Å². The summed E-state index contributed by atoms with van der Waals surface area (Å²) >= 11 is 0. The second kappa shape index (κ2) is 3.08. The first-order chi connectivity index (χ1) is 7.60. The van der Waals surface area contributed by atoms with Crippen molar-refractivity contribution in [2.75, 3.05) is 0 Å². The molecule has 1 aromatic heterocycles. The third-order valence-corrected chi connectivity index (χ3v) is 3.73. The van der Waals surface area contributed by atoms with E-state index in [0.29, 0.717) is 0 Å². The van der Waals surface area contributed by atoms with E-state index in [1.54, 1.807) is 0 Å². The van der Waals surface area contributed by atoms with Crippen molar-refractivity contribution >= 4 is 11.0 Å². The Morgan fingerprint density at radius 3 is 2.75 bits per heavy atom. The number of imidazole rings is 1. The van der Waals surface area contributed by atoms with Gasteiger partial charge in [-0.2, -0.15) is 0 Å². The van der Waals surface area contributed by atoms with Gasteiger partial charge in [0.05, 0.1) is 16.6 Å². The summed E-state index contributed by atoms with van der Waals surface area (Å²) in [5.74, 6) is 1.04. The van der Waals surface area contributed by atoms with Gasteiger partial charge in [0.1, 0.15) is 5.82 Å². The van der Waals surface area contributed by atoms with Crippen molar-refractivity contribution in [2.24, 2.45) is 12.8 Å². The molecule has 0 radical (unpaired) electrons. The zero-order valence-corrected chi connectivity index (χ0v) is 9.83. The molecule has 3 nitrogen and oxygen atoms in total. The van der Waals surface area contributed by atoms with Crippen molar-refractivity contribution in [1.29, 1.82) is 0 Å². The van der Waals surface area contributed by atoms with Crippen LogP contribution in [0.3, 0.4) is 0 Å².